The Hall–Kier alpha value is -3.09. The van der Waals surface area contributed by atoms with Gasteiger partial charge in [0.2, 0.25) is 11.8 Å². The van der Waals surface area contributed by atoms with Gasteiger partial charge in [0.05, 0.1) is 5.56 Å². The molecule has 4 nitrogen and oxygen atoms in total. The molecule has 2 aromatic carbocycles. The number of hydrogen-bond acceptors (Lipinski definition) is 2. The van der Waals surface area contributed by atoms with E-state index in [0.29, 0.717) is 31.5 Å². The zero-order valence-corrected chi connectivity index (χ0v) is 16.4. The highest BCUT2D eigenvalue weighted by Crippen LogP contribution is 2.29. The lowest BCUT2D eigenvalue weighted by molar-refractivity contribution is -0.137. The lowest BCUT2D eigenvalue weighted by atomic mass is 9.95. The standard InChI is InChI=1S/C23H23F3N2O2/c24-23(25,26)20-8-4-7-18(15-20)16-27-22(30)19-11-13-28(14-12-19)21(29)10-9-17-5-2-1-3-6-17/h1-10,15,19H,11-14,16H2,(H,27,30). The average Bonchev–Trinajstić information content (AvgIpc) is 2.76. The smallest absolute Gasteiger partial charge is 0.352 e. The molecule has 0 unspecified atom stereocenters. The van der Waals surface area contributed by atoms with Crippen LogP contribution in [-0.4, -0.2) is 29.8 Å². The molecule has 1 aliphatic rings. The minimum Gasteiger partial charge on any atom is -0.352 e. The van der Waals surface area contributed by atoms with Crippen molar-refractivity contribution in [2.75, 3.05) is 13.1 Å². The molecular weight excluding hydrogens is 393 g/mol. The third kappa shape index (κ3) is 5.95. The second kappa shape index (κ2) is 9.61. The Kier molecular flexibility index (Phi) is 6.92. The fraction of sp³-hybridized carbons (Fsp3) is 0.304. The van der Waals surface area contributed by atoms with E-state index in [-0.39, 0.29) is 24.3 Å². The first-order valence-electron chi connectivity index (χ1n) is 9.79. The Morgan fingerprint density at radius 2 is 1.73 bits per heavy atom. The summed E-state index contributed by atoms with van der Waals surface area (Å²) in [5, 5.41) is 2.71. The van der Waals surface area contributed by atoms with Gasteiger partial charge in [0.25, 0.3) is 0 Å². The van der Waals surface area contributed by atoms with Crippen LogP contribution in [0.2, 0.25) is 0 Å². The van der Waals surface area contributed by atoms with Gasteiger partial charge in [-0.1, -0.05) is 42.5 Å². The molecule has 0 aromatic heterocycles. The quantitative estimate of drug-likeness (QED) is 0.740. The van der Waals surface area contributed by atoms with E-state index in [2.05, 4.69) is 5.32 Å². The predicted molar refractivity (Wildman–Crippen MR) is 108 cm³/mol. The average molecular weight is 416 g/mol. The van der Waals surface area contributed by atoms with Gasteiger partial charge in [0, 0.05) is 31.6 Å². The van der Waals surface area contributed by atoms with Crippen LogP contribution < -0.4 is 5.32 Å². The molecule has 0 spiro atoms. The first-order valence-corrected chi connectivity index (χ1v) is 9.79. The van der Waals surface area contributed by atoms with Gasteiger partial charge in [-0.05, 0) is 42.2 Å². The van der Waals surface area contributed by atoms with E-state index in [1.54, 1.807) is 17.0 Å². The van der Waals surface area contributed by atoms with E-state index in [0.717, 1.165) is 17.7 Å². The minimum absolute atomic E-state index is 0.0434. The summed E-state index contributed by atoms with van der Waals surface area (Å²) in [7, 11) is 0. The number of alkyl halides is 3. The molecule has 158 valence electrons. The molecular formula is C23H23F3N2O2. The van der Waals surface area contributed by atoms with Gasteiger partial charge < -0.3 is 10.2 Å². The lowest BCUT2D eigenvalue weighted by Crippen LogP contribution is -2.42. The summed E-state index contributed by atoms with van der Waals surface area (Å²) in [6.45, 7) is 0.987. The molecule has 3 rings (SSSR count). The molecule has 0 aliphatic carbocycles. The van der Waals surface area contributed by atoms with Crippen LogP contribution in [0.1, 0.15) is 29.5 Å². The maximum Gasteiger partial charge on any atom is 0.416 e. The number of piperidine rings is 1. The molecule has 1 N–H and O–H groups in total. The highest BCUT2D eigenvalue weighted by atomic mass is 19.4. The number of likely N-dealkylation sites (tertiary alicyclic amines) is 1. The van der Waals surface area contributed by atoms with E-state index in [1.165, 1.54) is 12.1 Å². The van der Waals surface area contributed by atoms with Gasteiger partial charge >= 0.3 is 6.18 Å². The number of benzene rings is 2. The zero-order chi connectivity index (χ0) is 21.6. The summed E-state index contributed by atoms with van der Waals surface area (Å²) in [4.78, 5) is 26.4. The summed E-state index contributed by atoms with van der Waals surface area (Å²) in [6, 6.07) is 14.4. The van der Waals surface area contributed by atoms with Gasteiger partial charge in [-0.25, -0.2) is 0 Å². The topological polar surface area (TPSA) is 49.4 Å². The van der Waals surface area contributed by atoms with E-state index in [4.69, 9.17) is 0 Å². The second-order valence-corrected chi connectivity index (χ2v) is 7.26. The molecule has 30 heavy (non-hydrogen) atoms. The number of nitrogens with one attached hydrogen (secondary N) is 1. The van der Waals surface area contributed by atoms with Gasteiger partial charge in [0.15, 0.2) is 0 Å². The highest BCUT2D eigenvalue weighted by molar-refractivity contribution is 5.92. The van der Waals surface area contributed by atoms with Crippen molar-refractivity contribution in [2.24, 2.45) is 5.92 Å². The van der Waals surface area contributed by atoms with Crippen molar-refractivity contribution < 1.29 is 22.8 Å². The number of hydrogen-bond donors (Lipinski definition) is 1. The van der Waals surface area contributed by atoms with Crippen molar-refractivity contribution >= 4 is 17.9 Å². The fourth-order valence-corrected chi connectivity index (χ4v) is 3.39. The molecule has 2 aromatic rings. The molecule has 1 aliphatic heterocycles. The SMILES string of the molecule is O=C(NCc1cccc(C(F)(F)F)c1)C1CCN(C(=O)C=Cc2ccccc2)CC1. The molecule has 7 heteroatoms. The largest absolute Gasteiger partial charge is 0.416 e. The molecule has 1 saturated heterocycles. The Bertz CT molecular complexity index is 902. The number of nitrogens with zero attached hydrogens (tertiary/aromatic N) is 1. The number of carbonyl (C=O) groups excluding carboxylic acids is 2. The molecule has 1 heterocycles. The summed E-state index contributed by atoms with van der Waals surface area (Å²) in [5.41, 5.74) is 0.608. The third-order valence-electron chi connectivity index (χ3n) is 5.12. The van der Waals surface area contributed by atoms with Gasteiger partial charge in [-0.2, -0.15) is 13.2 Å². The Balaban J connectivity index is 1.46. The van der Waals surface area contributed by atoms with E-state index in [9.17, 15) is 22.8 Å². The number of rotatable bonds is 5. The van der Waals surface area contributed by atoms with Crippen LogP contribution in [0.25, 0.3) is 6.08 Å². The second-order valence-electron chi connectivity index (χ2n) is 7.26. The summed E-state index contributed by atoms with van der Waals surface area (Å²) < 4.78 is 38.4. The van der Waals surface area contributed by atoms with E-state index < -0.39 is 11.7 Å². The van der Waals surface area contributed by atoms with Crippen molar-refractivity contribution in [1.29, 1.82) is 0 Å². The molecule has 0 radical (unpaired) electrons. The third-order valence-corrected chi connectivity index (χ3v) is 5.12. The number of carbonyl (C=O) groups is 2. The van der Waals surface area contributed by atoms with Crippen molar-refractivity contribution in [1.82, 2.24) is 10.2 Å². The van der Waals surface area contributed by atoms with Gasteiger partial charge in [0.1, 0.15) is 0 Å². The predicted octanol–water partition coefficient (Wildman–Crippen LogP) is 4.27. The van der Waals surface area contributed by atoms with Gasteiger partial charge in [-0.15, -0.1) is 0 Å². The summed E-state index contributed by atoms with van der Waals surface area (Å²) >= 11 is 0. The highest BCUT2D eigenvalue weighted by Gasteiger charge is 2.30. The van der Waals surface area contributed by atoms with Crippen molar-refractivity contribution in [3.05, 3.63) is 77.4 Å². The maximum atomic E-state index is 12.8. The van der Waals surface area contributed by atoms with Crippen molar-refractivity contribution in [3.8, 4) is 0 Å². The van der Waals surface area contributed by atoms with Crippen molar-refractivity contribution in [3.63, 3.8) is 0 Å². The number of halogens is 3. The first kappa shape index (κ1) is 21.6. The minimum atomic E-state index is -4.41. The van der Waals surface area contributed by atoms with Crippen LogP contribution in [-0.2, 0) is 22.3 Å². The first-order chi connectivity index (χ1) is 14.3. The normalized spacial score (nSPS) is 15.4. The molecule has 0 atom stereocenters. The van der Waals surface area contributed by atoms with Crippen LogP contribution >= 0.6 is 0 Å². The van der Waals surface area contributed by atoms with Crippen LogP contribution in [0.4, 0.5) is 13.2 Å². The zero-order valence-electron chi connectivity index (χ0n) is 16.4. The van der Waals surface area contributed by atoms with E-state index in [1.807, 2.05) is 30.3 Å². The molecule has 0 bridgehead atoms. The van der Waals surface area contributed by atoms with Crippen LogP contribution in [0.3, 0.4) is 0 Å². The Morgan fingerprint density at radius 3 is 2.40 bits per heavy atom. The number of amides is 2. The van der Waals surface area contributed by atoms with Crippen LogP contribution in [0, 0.1) is 5.92 Å². The lowest BCUT2D eigenvalue weighted by Gasteiger charge is -2.30. The molecule has 1 fully saturated rings. The summed E-state index contributed by atoms with van der Waals surface area (Å²) in [5.74, 6) is -0.543. The molecule has 0 saturated carbocycles. The Morgan fingerprint density at radius 1 is 1.03 bits per heavy atom. The van der Waals surface area contributed by atoms with Gasteiger partial charge in [-0.3, -0.25) is 9.59 Å². The van der Waals surface area contributed by atoms with Crippen LogP contribution in [0.5, 0.6) is 0 Å². The van der Waals surface area contributed by atoms with E-state index >= 15 is 0 Å². The maximum absolute atomic E-state index is 12.8. The van der Waals surface area contributed by atoms with Crippen molar-refractivity contribution in [2.45, 2.75) is 25.6 Å². The molecule has 2 amide bonds. The summed E-state index contributed by atoms with van der Waals surface area (Å²) in [6.07, 6.45) is -0.0629. The monoisotopic (exact) mass is 416 g/mol. The fourth-order valence-electron chi connectivity index (χ4n) is 3.39. The Labute approximate surface area is 173 Å². The van der Waals surface area contributed by atoms with Crippen LogP contribution in [0.15, 0.2) is 60.7 Å².